The maximum Gasteiger partial charge on any atom is 0.271 e. The lowest BCUT2D eigenvalue weighted by Crippen LogP contribution is -2.32. The molecule has 0 amide bonds. The van der Waals surface area contributed by atoms with Crippen LogP contribution in [0.3, 0.4) is 0 Å². The summed E-state index contributed by atoms with van der Waals surface area (Å²) >= 11 is 0. The third-order valence-corrected chi connectivity index (χ3v) is 3.99. The summed E-state index contributed by atoms with van der Waals surface area (Å²) in [6, 6.07) is 4.78. The van der Waals surface area contributed by atoms with Gasteiger partial charge in [-0.2, -0.15) is 5.10 Å². The summed E-state index contributed by atoms with van der Waals surface area (Å²) in [5.41, 5.74) is 0.782. The molecule has 1 aromatic heterocycles. The Balaban J connectivity index is 2.59. The third kappa shape index (κ3) is 1.83. The second kappa shape index (κ2) is 3.41. The second-order valence-corrected chi connectivity index (χ2v) is 9.54. The van der Waals surface area contributed by atoms with Crippen LogP contribution in [0.2, 0.25) is 19.6 Å². The third-order valence-electron chi connectivity index (χ3n) is 2.39. The largest absolute Gasteiger partial charge is 0.301 e. The van der Waals surface area contributed by atoms with Crippen LogP contribution in [0, 0.1) is 10.1 Å². The van der Waals surface area contributed by atoms with Crippen molar-refractivity contribution in [2.75, 3.05) is 0 Å². The maximum absolute atomic E-state index is 10.6. The zero-order valence-electron chi connectivity index (χ0n) is 9.47. The lowest BCUT2D eigenvalue weighted by atomic mass is 10.2. The zero-order chi connectivity index (χ0) is 11.9. The molecular formula is C10H13N3O2Si. The van der Waals surface area contributed by atoms with Crippen LogP contribution in [-0.4, -0.2) is 22.6 Å². The molecule has 84 valence electrons. The molecule has 0 atom stereocenters. The number of hydrogen-bond acceptors (Lipinski definition) is 3. The van der Waals surface area contributed by atoms with Crippen LogP contribution in [0.25, 0.3) is 10.9 Å². The van der Waals surface area contributed by atoms with Crippen LogP contribution in [-0.2, 0) is 0 Å². The first kappa shape index (κ1) is 10.8. The second-order valence-electron chi connectivity index (χ2n) is 4.74. The molecule has 0 unspecified atom stereocenters. The van der Waals surface area contributed by atoms with E-state index >= 15 is 0 Å². The van der Waals surface area contributed by atoms with Crippen LogP contribution in [0.1, 0.15) is 0 Å². The highest BCUT2D eigenvalue weighted by Gasteiger charge is 2.18. The van der Waals surface area contributed by atoms with Crippen molar-refractivity contribution in [2.24, 2.45) is 0 Å². The summed E-state index contributed by atoms with van der Waals surface area (Å²) in [6.45, 7) is 6.52. The van der Waals surface area contributed by atoms with Gasteiger partial charge in [0.1, 0.15) is 0 Å². The van der Waals surface area contributed by atoms with Crippen molar-refractivity contribution < 1.29 is 4.92 Å². The lowest BCUT2D eigenvalue weighted by molar-refractivity contribution is -0.384. The monoisotopic (exact) mass is 235 g/mol. The molecule has 2 rings (SSSR count). The minimum Gasteiger partial charge on any atom is -0.301 e. The summed E-state index contributed by atoms with van der Waals surface area (Å²) in [4.78, 5) is 10.2. The van der Waals surface area contributed by atoms with Crippen LogP contribution in [0.5, 0.6) is 0 Å². The van der Waals surface area contributed by atoms with Gasteiger partial charge in [0.15, 0.2) is 8.24 Å². The van der Waals surface area contributed by atoms with E-state index < -0.39 is 13.2 Å². The number of rotatable bonds is 2. The van der Waals surface area contributed by atoms with Gasteiger partial charge in [0.05, 0.1) is 10.4 Å². The molecule has 1 heterocycles. The van der Waals surface area contributed by atoms with Gasteiger partial charge in [-0.05, 0) is 25.7 Å². The van der Waals surface area contributed by atoms with E-state index in [-0.39, 0.29) is 5.69 Å². The molecule has 0 aliphatic rings. The number of fused-ring (bicyclic) bond motifs is 1. The van der Waals surface area contributed by atoms with Crippen molar-refractivity contribution in [1.29, 1.82) is 0 Å². The Morgan fingerprint density at radius 2 is 2.06 bits per heavy atom. The maximum atomic E-state index is 10.6. The Morgan fingerprint density at radius 3 is 2.62 bits per heavy atom. The van der Waals surface area contributed by atoms with Gasteiger partial charge in [0.2, 0.25) is 0 Å². The molecule has 0 saturated carbocycles. The van der Waals surface area contributed by atoms with E-state index in [4.69, 9.17) is 0 Å². The van der Waals surface area contributed by atoms with Crippen LogP contribution in [0.4, 0.5) is 5.69 Å². The molecule has 0 aliphatic carbocycles. The Bertz CT molecular complexity index is 557. The molecule has 6 heteroatoms. The van der Waals surface area contributed by atoms with Crippen molar-refractivity contribution in [1.82, 2.24) is 9.45 Å². The number of hydrogen-bond donors (Lipinski definition) is 0. The number of nitro benzene ring substituents is 1. The zero-order valence-corrected chi connectivity index (χ0v) is 10.5. The Hall–Kier alpha value is -1.69. The van der Waals surface area contributed by atoms with E-state index in [0.29, 0.717) is 5.52 Å². The average Bonchev–Trinajstić information content (AvgIpc) is 2.58. The van der Waals surface area contributed by atoms with Crippen molar-refractivity contribution >= 4 is 24.8 Å². The van der Waals surface area contributed by atoms with Gasteiger partial charge in [-0.3, -0.25) is 10.1 Å². The van der Waals surface area contributed by atoms with Gasteiger partial charge in [-0.1, -0.05) is 0 Å². The Labute approximate surface area is 93.9 Å². The van der Waals surface area contributed by atoms with Gasteiger partial charge in [-0.15, -0.1) is 0 Å². The summed E-state index contributed by atoms with van der Waals surface area (Å²) in [5, 5.41) is 16.0. The minimum atomic E-state index is -1.53. The molecule has 0 saturated heterocycles. The molecule has 0 radical (unpaired) electrons. The highest BCUT2D eigenvalue weighted by atomic mass is 28.3. The molecule has 0 aliphatic heterocycles. The number of nitro groups is 1. The first-order valence-electron chi connectivity index (χ1n) is 5.02. The first-order chi connectivity index (χ1) is 7.38. The fraction of sp³-hybridized carbons (Fsp3) is 0.300. The van der Waals surface area contributed by atoms with Gasteiger partial charge in [0, 0.05) is 23.7 Å². The Kier molecular flexibility index (Phi) is 2.31. The summed E-state index contributed by atoms with van der Waals surface area (Å²) < 4.78 is 1.96. The number of aromatic nitrogens is 2. The van der Waals surface area contributed by atoms with Gasteiger partial charge >= 0.3 is 0 Å². The number of benzene rings is 1. The molecular weight excluding hydrogens is 222 g/mol. The summed E-state index contributed by atoms with van der Waals surface area (Å²) in [5.74, 6) is 0. The standard InChI is InChI=1S/C10H13N3O2Si/c1-16(2,3)12-7-8-4-5-9(13(14)15)6-10(8)11-12/h4-7H,1-3H3. The predicted molar refractivity (Wildman–Crippen MR) is 65.1 cm³/mol. The smallest absolute Gasteiger partial charge is 0.271 e. The Morgan fingerprint density at radius 1 is 1.38 bits per heavy atom. The summed E-state index contributed by atoms with van der Waals surface area (Å²) in [7, 11) is -1.53. The van der Waals surface area contributed by atoms with Crippen LogP contribution in [0.15, 0.2) is 24.4 Å². The van der Waals surface area contributed by atoms with Crippen molar-refractivity contribution in [3.05, 3.63) is 34.5 Å². The van der Waals surface area contributed by atoms with Crippen molar-refractivity contribution in [3.8, 4) is 0 Å². The molecule has 0 fully saturated rings. The lowest BCUT2D eigenvalue weighted by Gasteiger charge is -2.15. The molecule has 0 spiro atoms. The molecule has 5 nitrogen and oxygen atoms in total. The van der Waals surface area contributed by atoms with Crippen molar-refractivity contribution in [2.45, 2.75) is 19.6 Å². The van der Waals surface area contributed by atoms with Crippen LogP contribution < -0.4 is 0 Å². The minimum absolute atomic E-state index is 0.0910. The first-order valence-corrected chi connectivity index (χ1v) is 8.47. The predicted octanol–water partition coefficient (Wildman–Crippen LogP) is 2.63. The van der Waals surface area contributed by atoms with Crippen LogP contribution >= 0.6 is 0 Å². The highest BCUT2D eigenvalue weighted by Crippen LogP contribution is 2.20. The average molecular weight is 235 g/mol. The summed E-state index contributed by atoms with van der Waals surface area (Å²) in [6.07, 6.45) is 1.96. The topological polar surface area (TPSA) is 61.0 Å². The molecule has 2 aromatic rings. The van der Waals surface area contributed by atoms with Gasteiger partial charge in [-0.25, -0.2) is 0 Å². The fourth-order valence-corrected chi connectivity index (χ4v) is 2.40. The van der Waals surface area contributed by atoms with Gasteiger partial charge in [0.25, 0.3) is 5.69 Å². The normalized spacial score (nSPS) is 11.9. The highest BCUT2D eigenvalue weighted by molar-refractivity contribution is 6.74. The number of nitrogens with zero attached hydrogens (tertiary/aromatic N) is 3. The van der Waals surface area contributed by atoms with Crippen molar-refractivity contribution in [3.63, 3.8) is 0 Å². The fourth-order valence-electron chi connectivity index (χ4n) is 1.46. The molecule has 0 bridgehead atoms. The van der Waals surface area contributed by atoms with E-state index in [1.807, 2.05) is 10.5 Å². The van der Waals surface area contributed by atoms with E-state index in [0.717, 1.165) is 5.39 Å². The van der Waals surface area contributed by atoms with E-state index in [9.17, 15) is 10.1 Å². The molecule has 1 aromatic carbocycles. The van der Waals surface area contributed by atoms with E-state index in [1.54, 1.807) is 6.07 Å². The van der Waals surface area contributed by atoms with E-state index in [2.05, 4.69) is 24.7 Å². The quantitative estimate of drug-likeness (QED) is 0.456. The van der Waals surface area contributed by atoms with Gasteiger partial charge < -0.3 is 4.35 Å². The molecule has 0 N–H and O–H groups in total. The van der Waals surface area contributed by atoms with E-state index in [1.165, 1.54) is 12.1 Å². The SMILES string of the molecule is C[Si](C)(C)n1cc2ccc([N+](=O)[O-])cc2n1. The molecule has 16 heavy (non-hydrogen) atoms. The number of non-ortho nitro benzene ring substituents is 1.